The molecule has 6 rings (SSSR count). The maximum Gasteiger partial charge on any atom is 0.371 e. The van der Waals surface area contributed by atoms with Crippen molar-refractivity contribution in [1.29, 1.82) is 0 Å². The molecule has 1 amide bonds. The lowest BCUT2D eigenvalue weighted by atomic mass is 9.73. The van der Waals surface area contributed by atoms with E-state index in [0.717, 1.165) is 58.2 Å². The first-order chi connectivity index (χ1) is 16.0. The summed E-state index contributed by atoms with van der Waals surface area (Å²) in [6, 6.07) is 22.1. The first-order valence-corrected chi connectivity index (χ1v) is 11.0. The van der Waals surface area contributed by atoms with Gasteiger partial charge in [-0.1, -0.05) is 47.1 Å². The van der Waals surface area contributed by atoms with Gasteiger partial charge in [0.2, 0.25) is 0 Å². The number of benzene rings is 2. The molecule has 7 nitrogen and oxygen atoms in total. The summed E-state index contributed by atoms with van der Waals surface area (Å²) in [6.45, 7) is 0. The number of fused-ring (bicyclic) bond motifs is 3. The number of rotatable bonds is 4. The summed E-state index contributed by atoms with van der Waals surface area (Å²) < 4.78 is 3.48. The van der Waals surface area contributed by atoms with Gasteiger partial charge >= 0.3 is 11.7 Å². The highest BCUT2D eigenvalue weighted by atomic mass is 16.1. The van der Waals surface area contributed by atoms with E-state index in [2.05, 4.69) is 28.3 Å². The van der Waals surface area contributed by atoms with Crippen molar-refractivity contribution in [2.24, 2.45) is 11.5 Å². The van der Waals surface area contributed by atoms with Crippen molar-refractivity contribution in [3.05, 3.63) is 90.5 Å². The molecule has 0 atom stereocenters. The lowest BCUT2D eigenvalue weighted by Gasteiger charge is -2.38. The van der Waals surface area contributed by atoms with Gasteiger partial charge in [-0.2, -0.15) is 4.40 Å². The molecule has 4 N–H and O–H groups in total. The highest BCUT2D eigenvalue weighted by Crippen LogP contribution is 2.38. The smallest absolute Gasteiger partial charge is 0.360 e. The Hall–Kier alpha value is -4.10. The van der Waals surface area contributed by atoms with Crippen LogP contribution in [0.25, 0.3) is 33.4 Å². The molecule has 162 valence electrons. The molecular formula is C26H23N6O+. The first kappa shape index (κ1) is 19.6. The number of carbonyl (C=O) groups is 1. The number of hydrogen-bond acceptors (Lipinski definition) is 4. The number of amides is 1. The zero-order chi connectivity index (χ0) is 22.6. The van der Waals surface area contributed by atoms with Gasteiger partial charge < -0.3 is 11.5 Å². The molecule has 5 aromatic rings. The van der Waals surface area contributed by atoms with Crippen LogP contribution in [0.15, 0.2) is 79.1 Å². The number of pyridine rings is 2. The fourth-order valence-electron chi connectivity index (χ4n) is 4.63. The maximum absolute atomic E-state index is 12.2. The molecule has 0 spiro atoms. The average molecular weight is 436 g/mol. The van der Waals surface area contributed by atoms with Gasteiger partial charge in [0.1, 0.15) is 5.69 Å². The van der Waals surface area contributed by atoms with Gasteiger partial charge in [0.15, 0.2) is 0 Å². The topological polar surface area (TPSA) is 104 Å². The third-order valence-corrected chi connectivity index (χ3v) is 6.65. The minimum atomic E-state index is -0.595. The number of carbonyl (C=O) groups excluding carboxylic acids is 1. The van der Waals surface area contributed by atoms with Gasteiger partial charge in [-0.3, -0.25) is 9.78 Å². The van der Waals surface area contributed by atoms with Crippen LogP contribution in [0.5, 0.6) is 0 Å². The fraction of sp³-hybridized carbons (Fsp3) is 0.154. The number of hydrogen-bond donors (Lipinski definition) is 2. The predicted octanol–water partition coefficient (Wildman–Crippen LogP) is 3.26. The van der Waals surface area contributed by atoms with E-state index in [1.54, 1.807) is 15.3 Å². The first-order valence-electron chi connectivity index (χ1n) is 11.0. The number of nitrogens with two attached hydrogens (primary N) is 2. The standard InChI is InChI=1S/C26H22N6O/c27-23(33)24-30-32(20-9-7-19(8-10-20)26(28)12-4-13-26)25-21-15-18(17-5-2-1-3-6-17)16-29-22(21)11-14-31(24)25/h1-3,5-11,14-16H,4,12-13,28H2,(H-,27,33)/p+1. The zero-order valence-corrected chi connectivity index (χ0v) is 18.0. The average Bonchev–Trinajstić information content (AvgIpc) is 3.23. The van der Waals surface area contributed by atoms with Crippen molar-refractivity contribution in [3.8, 4) is 16.8 Å². The van der Waals surface area contributed by atoms with E-state index < -0.39 is 5.91 Å². The second-order valence-electron chi connectivity index (χ2n) is 8.69. The summed E-state index contributed by atoms with van der Waals surface area (Å²) in [4.78, 5) is 16.9. The highest BCUT2D eigenvalue weighted by Gasteiger charge is 2.34. The maximum atomic E-state index is 12.2. The van der Waals surface area contributed by atoms with E-state index in [9.17, 15) is 4.79 Å². The lowest BCUT2D eigenvalue weighted by Crippen LogP contribution is -2.43. The van der Waals surface area contributed by atoms with E-state index in [0.29, 0.717) is 0 Å². The van der Waals surface area contributed by atoms with Crippen LogP contribution in [0.4, 0.5) is 0 Å². The van der Waals surface area contributed by atoms with Crippen LogP contribution in [0, 0.1) is 0 Å². The Bertz CT molecular complexity index is 1520. The summed E-state index contributed by atoms with van der Waals surface area (Å²) in [6.07, 6.45) is 6.80. The summed E-state index contributed by atoms with van der Waals surface area (Å²) in [5.41, 5.74) is 17.5. The Morgan fingerprint density at radius 1 is 1.00 bits per heavy atom. The molecule has 0 unspecified atom stereocenters. The fourth-order valence-corrected chi connectivity index (χ4v) is 4.63. The molecule has 0 bridgehead atoms. The van der Waals surface area contributed by atoms with Gasteiger partial charge in [0.25, 0.3) is 5.65 Å². The third-order valence-electron chi connectivity index (χ3n) is 6.65. The van der Waals surface area contributed by atoms with Crippen molar-refractivity contribution < 1.29 is 9.20 Å². The van der Waals surface area contributed by atoms with Crippen molar-refractivity contribution in [1.82, 2.24) is 14.8 Å². The van der Waals surface area contributed by atoms with Crippen LogP contribution in [0.3, 0.4) is 0 Å². The third kappa shape index (κ3) is 3.08. The van der Waals surface area contributed by atoms with Gasteiger partial charge in [0.05, 0.1) is 22.2 Å². The van der Waals surface area contributed by atoms with Crippen LogP contribution in [-0.2, 0) is 5.54 Å². The van der Waals surface area contributed by atoms with Gasteiger partial charge in [-0.05, 0) is 54.7 Å². The van der Waals surface area contributed by atoms with Crippen molar-refractivity contribution in [2.75, 3.05) is 0 Å². The molecule has 0 saturated heterocycles. The van der Waals surface area contributed by atoms with Crippen LogP contribution < -0.4 is 15.9 Å². The molecule has 1 aliphatic rings. The van der Waals surface area contributed by atoms with E-state index >= 15 is 0 Å². The van der Waals surface area contributed by atoms with Gasteiger partial charge in [-0.15, -0.1) is 0 Å². The largest absolute Gasteiger partial charge is 0.371 e. The molecular weight excluding hydrogens is 412 g/mol. The molecule has 1 aliphatic carbocycles. The molecule has 3 aromatic heterocycles. The molecule has 2 aromatic carbocycles. The van der Waals surface area contributed by atoms with Gasteiger partial charge in [0, 0.05) is 17.3 Å². The molecule has 1 saturated carbocycles. The quantitative estimate of drug-likeness (QED) is 0.423. The van der Waals surface area contributed by atoms with E-state index in [1.807, 2.05) is 54.7 Å². The Balaban J connectivity index is 1.59. The SMILES string of the molecule is NC(=O)c1nn(-c2ccc(C3(N)CCC3)cc2)c2c3cc(-c4ccccc4)cnc3cc[n+]12. The highest BCUT2D eigenvalue weighted by molar-refractivity contribution is 5.94. The van der Waals surface area contributed by atoms with Crippen LogP contribution in [0.2, 0.25) is 0 Å². The molecule has 7 heteroatoms. The van der Waals surface area contributed by atoms with Crippen molar-refractivity contribution in [3.63, 3.8) is 0 Å². The predicted molar refractivity (Wildman–Crippen MR) is 126 cm³/mol. The van der Waals surface area contributed by atoms with E-state index in [4.69, 9.17) is 11.5 Å². The molecule has 1 fully saturated rings. The summed E-state index contributed by atoms with van der Waals surface area (Å²) >= 11 is 0. The lowest BCUT2D eigenvalue weighted by molar-refractivity contribution is -0.514. The Morgan fingerprint density at radius 3 is 2.42 bits per heavy atom. The van der Waals surface area contributed by atoms with Gasteiger partial charge in [-0.25, -0.2) is 0 Å². The summed E-state index contributed by atoms with van der Waals surface area (Å²) in [7, 11) is 0. The van der Waals surface area contributed by atoms with E-state index in [-0.39, 0.29) is 11.4 Å². The van der Waals surface area contributed by atoms with Crippen molar-refractivity contribution in [2.45, 2.75) is 24.8 Å². The molecule has 0 radical (unpaired) electrons. The monoisotopic (exact) mass is 435 g/mol. The Kier molecular flexibility index (Phi) is 4.28. The Labute approximate surface area is 190 Å². The normalized spacial score (nSPS) is 14.9. The minimum Gasteiger partial charge on any atom is -0.360 e. The van der Waals surface area contributed by atoms with Crippen molar-refractivity contribution >= 4 is 22.5 Å². The number of aromatic nitrogens is 4. The summed E-state index contributed by atoms with van der Waals surface area (Å²) in [5.74, 6) is -0.433. The van der Waals surface area contributed by atoms with Crippen LogP contribution >= 0.6 is 0 Å². The summed E-state index contributed by atoms with van der Waals surface area (Å²) in [5, 5.41) is 5.46. The molecule has 0 aliphatic heterocycles. The van der Waals surface area contributed by atoms with Crippen LogP contribution in [-0.4, -0.2) is 20.7 Å². The minimum absolute atomic E-state index is 0.162. The second kappa shape index (κ2) is 7.21. The molecule has 3 heterocycles. The number of primary amides is 1. The number of nitrogens with zero attached hydrogens (tertiary/aromatic N) is 4. The second-order valence-corrected chi connectivity index (χ2v) is 8.69. The zero-order valence-electron chi connectivity index (χ0n) is 18.0. The van der Waals surface area contributed by atoms with E-state index in [1.165, 1.54) is 0 Å². The van der Waals surface area contributed by atoms with Crippen LogP contribution in [0.1, 0.15) is 35.4 Å². The molecule has 33 heavy (non-hydrogen) atoms. The Morgan fingerprint density at radius 2 is 1.76 bits per heavy atom.